The summed E-state index contributed by atoms with van der Waals surface area (Å²) < 4.78 is 23.8. The van der Waals surface area contributed by atoms with E-state index in [1.54, 1.807) is 36.9 Å². The summed E-state index contributed by atoms with van der Waals surface area (Å²) in [5, 5.41) is 15.7. The number of rotatable bonds is 10. The third-order valence-corrected chi connectivity index (χ3v) is 5.68. The van der Waals surface area contributed by atoms with Crippen LogP contribution in [0.1, 0.15) is 16.7 Å². The van der Waals surface area contributed by atoms with Gasteiger partial charge in [0.2, 0.25) is 5.88 Å². The SMILES string of the molecule is COc1ccc(-c2nnc3ccc(OCCNC(=O)COc4cc(C)cc(C)c4C)nn23)c(OC)c1. The molecule has 0 radical (unpaired) electrons. The van der Waals surface area contributed by atoms with Gasteiger partial charge in [0, 0.05) is 12.1 Å². The van der Waals surface area contributed by atoms with Crippen molar-refractivity contribution in [3.63, 3.8) is 0 Å². The smallest absolute Gasteiger partial charge is 0.258 e. The minimum atomic E-state index is -0.228. The molecule has 0 bridgehead atoms. The number of carbonyl (C=O) groups is 1. The second kappa shape index (κ2) is 10.9. The highest BCUT2D eigenvalue weighted by atomic mass is 16.5. The topological polar surface area (TPSA) is 109 Å². The minimum absolute atomic E-state index is 0.0678. The van der Waals surface area contributed by atoms with Crippen molar-refractivity contribution in [2.75, 3.05) is 34.0 Å². The van der Waals surface area contributed by atoms with Gasteiger partial charge in [-0.05, 0) is 61.7 Å². The van der Waals surface area contributed by atoms with Crippen LogP contribution in [0.4, 0.5) is 0 Å². The molecule has 188 valence electrons. The maximum atomic E-state index is 12.2. The number of benzene rings is 2. The maximum absolute atomic E-state index is 12.2. The third-order valence-electron chi connectivity index (χ3n) is 5.68. The molecular formula is C26H29N5O5. The van der Waals surface area contributed by atoms with Gasteiger partial charge in [-0.3, -0.25) is 4.79 Å². The molecule has 0 saturated carbocycles. The number of hydrogen-bond donors (Lipinski definition) is 1. The Bertz CT molecular complexity index is 1380. The molecule has 2 aromatic heterocycles. The molecule has 2 heterocycles. The molecule has 4 rings (SSSR count). The standard InChI is InChI=1S/C26H29N5O5/c1-16-12-17(2)18(3)21(13-16)36-15-24(32)27-10-11-35-25-9-8-23-28-29-26(31(23)30-25)20-7-6-19(33-4)14-22(20)34-5/h6-9,12-14H,10-11,15H2,1-5H3,(H,27,32). The first kappa shape index (κ1) is 24.8. The molecule has 0 unspecified atom stereocenters. The Morgan fingerprint density at radius 1 is 0.944 bits per heavy atom. The molecule has 1 amide bonds. The van der Waals surface area contributed by atoms with Crippen LogP contribution in [0.15, 0.2) is 42.5 Å². The van der Waals surface area contributed by atoms with Crippen molar-refractivity contribution >= 4 is 11.6 Å². The van der Waals surface area contributed by atoms with Crippen molar-refractivity contribution in [2.24, 2.45) is 0 Å². The lowest BCUT2D eigenvalue weighted by atomic mass is 10.1. The molecule has 2 aromatic carbocycles. The zero-order valence-electron chi connectivity index (χ0n) is 21.0. The number of aromatic nitrogens is 4. The summed E-state index contributed by atoms with van der Waals surface area (Å²) >= 11 is 0. The van der Waals surface area contributed by atoms with Crippen LogP contribution < -0.4 is 24.3 Å². The van der Waals surface area contributed by atoms with Crippen LogP contribution in [0, 0.1) is 20.8 Å². The van der Waals surface area contributed by atoms with Crippen LogP contribution in [0.25, 0.3) is 17.0 Å². The average molecular weight is 492 g/mol. The third kappa shape index (κ3) is 5.48. The number of fused-ring (bicyclic) bond motifs is 1. The van der Waals surface area contributed by atoms with Crippen molar-refractivity contribution < 1.29 is 23.7 Å². The molecule has 0 saturated heterocycles. The number of ether oxygens (including phenoxy) is 4. The Kier molecular flexibility index (Phi) is 7.53. The van der Waals surface area contributed by atoms with Crippen molar-refractivity contribution in [1.82, 2.24) is 25.1 Å². The predicted molar refractivity (Wildman–Crippen MR) is 134 cm³/mol. The van der Waals surface area contributed by atoms with Gasteiger partial charge in [0.25, 0.3) is 5.91 Å². The number of aryl methyl sites for hydroxylation is 2. The van der Waals surface area contributed by atoms with Crippen molar-refractivity contribution in [1.29, 1.82) is 0 Å². The first-order valence-electron chi connectivity index (χ1n) is 11.4. The quantitative estimate of drug-likeness (QED) is 0.337. The monoisotopic (exact) mass is 491 g/mol. The van der Waals surface area contributed by atoms with Crippen LogP contribution in [0.2, 0.25) is 0 Å². The Labute approximate surface area is 209 Å². The Morgan fingerprint density at radius 3 is 2.56 bits per heavy atom. The van der Waals surface area contributed by atoms with Crippen LogP contribution in [0.3, 0.4) is 0 Å². The fourth-order valence-corrected chi connectivity index (χ4v) is 3.69. The summed E-state index contributed by atoms with van der Waals surface area (Å²) in [7, 11) is 3.17. The lowest BCUT2D eigenvalue weighted by Gasteiger charge is -2.12. The zero-order chi connectivity index (χ0) is 25.7. The van der Waals surface area contributed by atoms with Crippen LogP contribution >= 0.6 is 0 Å². The first-order valence-corrected chi connectivity index (χ1v) is 11.4. The van der Waals surface area contributed by atoms with Crippen LogP contribution in [-0.2, 0) is 4.79 Å². The van der Waals surface area contributed by atoms with Crippen LogP contribution in [-0.4, -0.2) is 59.7 Å². The van der Waals surface area contributed by atoms with Gasteiger partial charge < -0.3 is 24.3 Å². The molecule has 1 N–H and O–H groups in total. The summed E-state index contributed by atoms with van der Waals surface area (Å²) in [4.78, 5) is 12.2. The highest BCUT2D eigenvalue weighted by Crippen LogP contribution is 2.32. The van der Waals surface area contributed by atoms with Gasteiger partial charge in [0.05, 0.1) is 26.3 Å². The lowest BCUT2D eigenvalue weighted by Crippen LogP contribution is -2.32. The molecule has 0 spiro atoms. The van der Waals surface area contributed by atoms with E-state index in [2.05, 4.69) is 26.7 Å². The molecule has 0 aliphatic rings. The Morgan fingerprint density at radius 2 is 1.78 bits per heavy atom. The average Bonchev–Trinajstić information content (AvgIpc) is 3.30. The molecule has 0 aliphatic heterocycles. The molecule has 0 atom stereocenters. The van der Waals surface area contributed by atoms with E-state index >= 15 is 0 Å². The van der Waals surface area contributed by atoms with Gasteiger partial charge in [0.15, 0.2) is 18.1 Å². The van der Waals surface area contributed by atoms with E-state index in [9.17, 15) is 4.79 Å². The van der Waals surface area contributed by atoms with E-state index < -0.39 is 0 Å². The van der Waals surface area contributed by atoms with E-state index in [1.807, 2.05) is 39.0 Å². The minimum Gasteiger partial charge on any atom is -0.497 e. The summed E-state index contributed by atoms with van der Waals surface area (Å²) in [6.07, 6.45) is 0. The van der Waals surface area contributed by atoms with E-state index in [1.165, 1.54) is 0 Å². The highest BCUT2D eigenvalue weighted by molar-refractivity contribution is 5.77. The molecule has 4 aromatic rings. The largest absolute Gasteiger partial charge is 0.497 e. The highest BCUT2D eigenvalue weighted by Gasteiger charge is 2.16. The van der Waals surface area contributed by atoms with Crippen molar-refractivity contribution in [2.45, 2.75) is 20.8 Å². The van der Waals surface area contributed by atoms with Crippen molar-refractivity contribution in [3.05, 3.63) is 59.2 Å². The fourth-order valence-electron chi connectivity index (χ4n) is 3.69. The fraction of sp³-hybridized carbons (Fsp3) is 0.308. The molecule has 10 nitrogen and oxygen atoms in total. The molecule has 10 heteroatoms. The Hall–Kier alpha value is -4.34. The second-order valence-electron chi connectivity index (χ2n) is 8.22. The van der Waals surface area contributed by atoms with E-state index in [0.717, 1.165) is 22.4 Å². The van der Waals surface area contributed by atoms with Crippen LogP contribution in [0.5, 0.6) is 23.1 Å². The second-order valence-corrected chi connectivity index (χ2v) is 8.22. The number of carbonyl (C=O) groups excluding carboxylic acids is 1. The van der Waals surface area contributed by atoms with E-state index in [-0.39, 0.29) is 19.1 Å². The maximum Gasteiger partial charge on any atom is 0.258 e. The molecular weight excluding hydrogens is 462 g/mol. The van der Waals surface area contributed by atoms with Gasteiger partial charge in [0.1, 0.15) is 23.9 Å². The number of nitrogens with one attached hydrogen (secondary N) is 1. The van der Waals surface area contributed by atoms with Crippen molar-refractivity contribution in [3.8, 4) is 34.5 Å². The number of methoxy groups -OCH3 is 2. The summed E-state index contributed by atoms with van der Waals surface area (Å²) in [5.74, 6) is 2.60. The number of hydrogen-bond acceptors (Lipinski definition) is 8. The number of amides is 1. The Balaban J connectivity index is 1.35. The van der Waals surface area contributed by atoms with E-state index in [0.29, 0.717) is 41.0 Å². The van der Waals surface area contributed by atoms with Gasteiger partial charge in [-0.1, -0.05) is 6.07 Å². The number of nitrogens with zero attached hydrogens (tertiary/aromatic N) is 4. The zero-order valence-corrected chi connectivity index (χ0v) is 21.0. The van der Waals surface area contributed by atoms with Gasteiger partial charge in [-0.2, -0.15) is 4.52 Å². The normalized spacial score (nSPS) is 10.8. The predicted octanol–water partition coefficient (Wildman–Crippen LogP) is 3.31. The van der Waals surface area contributed by atoms with Gasteiger partial charge in [-0.25, -0.2) is 0 Å². The molecule has 36 heavy (non-hydrogen) atoms. The lowest BCUT2D eigenvalue weighted by molar-refractivity contribution is -0.123. The van der Waals surface area contributed by atoms with Gasteiger partial charge in [-0.15, -0.1) is 15.3 Å². The van der Waals surface area contributed by atoms with E-state index in [4.69, 9.17) is 18.9 Å². The first-order chi connectivity index (χ1) is 17.4. The molecule has 0 aliphatic carbocycles. The summed E-state index contributed by atoms with van der Waals surface area (Å²) in [5.41, 5.74) is 4.51. The summed E-state index contributed by atoms with van der Waals surface area (Å²) in [6, 6.07) is 12.9. The van der Waals surface area contributed by atoms with Gasteiger partial charge >= 0.3 is 0 Å². The summed E-state index contributed by atoms with van der Waals surface area (Å²) in [6.45, 7) is 6.46. The molecule has 0 fully saturated rings.